The maximum absolute atomic E-state index is 14.4. The van der Waals surface area contributed by atoms with E-state index in [1.165, 1.54) is 34.6 Å². The van der Waals surface area contributed by atoms with Gasteiger partial charge in [-0.25, -0.2) is 9.07 Å². The van der Waals surface area contributed by atoms with Crippen molar-refractivity contribution in [1.82, 2.24) is 14.2 Å². The van der Waals surface area contributed by atoms with E-state index in [9.17, 15) is 9.50 Å². The highest BCUT2D eigenvalue weighted by atomic mass is 32.1. The average molecular weight is 346 g/mol. The minimum absolute atomic E-state index is 0.164. The molecule has 0 radical (unpaired) electrons. The number of nitrogens with zero attached hydrogens (tertiary/aromatic N) is 4. The van der Waals surface area contributed by atoms with Gasteiger partial charge in [0, 0.05) is 22.1 Å². The van der Waals surface area contributed by atoms with Crippen molar-refractivity contribution >= 4 is 17.7 Å². The summed E-state index contributed by atoms with van der Waals surface area (Å²) in [5.41, 5.74) is 3.55. The number of halogens is 1. The highest BCUT2D eigenvalue weighted by Gasteiger charge is 2.23. The van der Waals surface area contributed by atoms with E-state index in [-0.39, 0.29) is 11.4 Å². The second-order valence-electron chi connectivity index (χ2n) is 5.34. The van der Waals surface area contributed by atoms with E-state index in [0.29, 0.717) is 17.0 Å². The van der Waals surface area contributed by atoms with Gasteiger partial charge >= 0.3 is 0 Å². The second-order valence-corrected chi connectivity index (χ2v) is 6.32. The van der Waals surface area contributed by atoms with Crippen LogP contribution in [0.3, 0.4) is 0 Å². The first-order valence-corrected chi connectivity index (χ1v) is 7.90. The van der Waals surface area contributed by atoms with E-state index in [1.54, 1.807) is 6.92 Å². The Morgan fingerprint density at radius 3 is 2.58 bits per heavy atom. The number of phenolic OH excluding ortho intramolecular Hbond substituents is 1. The van der Waals surface area contributed by atoms with Gasteiger partial charge in [-0.15, -0.1) is 0 Å². The fourth-order valence-electron chi connectivity index (χ4n) is 2.66. The predicted octanol–water partition coefficient (Wildman–Crippen LogP) is 3.57. The first-order valence-electron chi connectivity index (χ1n) is 7.13. The molecule has 2 heterocycles. The van der Waals surface area contributed by atoms with Crippen molar-refractivity contribution in [2.45, 2.75) is 20.8 Å². The number of rotatable bonds is 3. The molecule has 0 amide bonds. The molecule has 0 atom stereocenters. The summed E-state index contributed by atoms with van der Waals surface area (Å²) in [5.74, 6) is -0.770. The van der Waals surface area contributed by atoms with Crippen LogP contribution in [0, 0.1) is 26.6 Å². The Balaban J connectivity index is 2.37. The van der Waals surface area contributed by atoms with Gasteiger partial charge in [-0.3, -0.25) is 0 Å². The molecule has 6 nitrogen and oxygen atoms in total. The summed E-state index contributed by atoms with van der Waals surface area (Å²) in [7, 11) is 0. The summed E-state index contributed by atoms with van der Waals surface area (Å²) < 4.78 is 20.2. The molecule has 0 unspecified atom stereocenters. The van der Waals surface area contributed by atoms with Crippen LogP contribution in [0.2, 0.25) is 0 Å². The molecule has 0 aliphatic heterocycles. The Labute approximate surface area is 141 Å². The van der Waals surface area contributed by atoms with Crippen LogP contribution in [0.25, 0.3) is 16.9 Å². The topological polar surface area (TPSA) is 83.5 Å². The van der Waals surface area contributed by atoms with Crippen LogP contribution in [-0.4, -0.2) is 30.7 Å². The molecule has 0 aliphatic carbocycles. The molecule has 0 aliphatic rings. The molecular formula is C16H15FN4O2S. The predicted molar refractivity (Wildman–Crippen MR) is 89.9 cm³/mol. The van der Waals surface area contributed by atoms with Gasteiger partial charge in [0.2, 0.25) is 0 Å². The number of phenols is 1. The number of hydrogen-bond acceptors (Lipinski definition) is 6. The Kier molecular flexibility index (Phi) is 4.06. The molecule has 2 aromatic heterocycles. The van der Waals surface area contributed by atoms with Crippen molar-refractivity contribution in [2.24, 2.45) is 5.16 Å². The number of aromatic nitrogens is 3. The highest BCUT2D eigenvalue weighted by molar-refractivity contribution is 7.06. The molecule has 2 N–H and O–H groups in total. The molecule has 0 bridgehead atoms. The van der Waals surface area contributed by atoms with Crippen LogP contribution >= 0.6 is 11.5 Å². The van der Waals surface area contributed by atoms with E-state index in [0.717, 1.165) is 22.2 Å². The number of benzene rings is 1. The third kappa shape index (κ3) is 2.54. The Hall–Kier alpha value is -2.74. The van der Waals surface area contributed by atoms with E-state index in [1.807, 2.05) is 13.8 Å². The number of aryl methyl sites for hydroxylation is 3. The lowest BCUT2D eigenvalue weighted by Crippen LogP contribution is -2.03. The zero-order chi connectivity index (χ0) is 17.4. The number of hydrogen-bond donors (Lipinski definition) is 2. The Morgan fingerprint density at radius 1 is 1.25 bits per heavy atom. The Bertz CT molecular complexity index is 926. The zero-order valence-corrected chi connectivity index (χ0v) is 14.1. The molecule has 124 valence electrons. The van der Waals surface area contributed by atoms with Crippen LogP contribution in [0.15, 0.2) is 23.4 Å². The lowest BCUT2D eigenvalue weighted by atomic mass is 10.1. The quantitative estimate of drug-likeness (QED) is 0.431. The maximum Gasteiger partial charge on any atom is 0.152 e. The number of aromatic hydroxyl groups is 1. The van der Waals surface area contributed by atoms with Gasteiger partial charge in [0.05, 0.1) is 23.3 Å². The number of oxime groups is 1. The first kappa shape index (κ1) is 16.1. The Morgan fingerprint density at radius 2 is 2.00 bits per heavy atom. The van der Waals surface area contributed by atoms with E-state index in [2.05, 4.69) is 14.6 Å². The van der Waals surface area contributed by atoms with Gasteiger partial charge in [0.15, 0.2) is 5.82 Å². The SMILES string of the molecule is Cc1nn(-c2ccc(O)cc2F)c(-c2c(C)nsc2C)c1/C=N/O. The van der Waals surface area contributed by atoms with Crippen LogP contribution in [-0.2, 0) is 0 Å². The van der Waals surface area contributed by atoms with Gasteiger partial charge in [-0.2, -0.15) is 9.47 Å². The highest BCUT2D eigenvalue weighted by Crippen LogP contribution is 2.35. The monoisotopic (exact) mass is 346 g/mol. The van der Waals surface area contributed by atoms with Crippen LogP contribution in [0.4, 0.5) is 4.39 Å². The second kappa shape index (κ2) is 6.04. The van der Waals surface area contributed by atoms with Crippen molar-refractivity contribution in [3.63, 3.8) is 0 Å². The van der Waals surface area contributed by atoms with Crippen molar-refractivity contribution < 1.29 is 14.7 Å². The maximum atomic E-state index is 14.4. The molecule has 3 rings (SSSR count). The minimum atomic E-state index is -0.607. The largest absolute Gasteiger partial charge is 0.508 e. The molecule has 0 saturated heterocycles. The molecule has 24 heavy (non-hydrogen) atoms. The standard InChI is InChI=1S/C16H15FN4O2S/c1-8-12(7-18-23)16(15-9(2)20-24-10(15)3)21(19-8)14-5-4-11(22)6-13(14)17/h4-7,22-23H,1-3H3/b18-7+. The summed E-state index contributed by atoms with van der Waals surface area (Å²) in [4.78, 5) is 0.945. The van der Waals surface area contributed by atoms with Crippen molar-refractivity contribution in [3.8, 4) is 22.7 Å². The molecule has 0 saturated carbocycles. The summed E-state index contributed by atoms with van der Waals surface area (Å²) in [5, 5.41) is 25.9. The smallest absolute Gasteiger partial charge is 0.152 e. The summed E-state index contributed by atoms with van der Waals surface area (Å²) in [6, 6.07) is 3.87. The van der Waals surface area contributed by atoms with Crippen LogP contribution < -0.4 is 0 Å². The van der Waals surface area contributed by atoms with Gasteiger partial charge < -0.3 is 10.3 Å². The summed E-state index contributed by atoms with van der Waals surface area (Å²) >= 11 is 1.34. The van der Waals surface area contributed by atoms with Gasteiger partial charge in [0.1, 0.15) is 11.4 Å². The zero-order valence-electron chi connectivity index (χ0n) is 13.3. The van der Waals surface area contributed by atoms with E-state index < -0.39 is 5.82 Å². The fraction of sp³-hybridized carbons (Fsp3) is 0.188. The molecule has 1 aromatic carbocycles. The fourth-order valence-corrected chi connectivity index (χ4v) is 3.36. The lowest BCUT2D eigenvalue weighted by molar-refractivity contribution is 0.322. The van der Waals surface area contributed by atoms with Crippen molar-refractivity contribution in [2.75, 3.05) is 0 Å². The van der Waals surface area contributed by atoms with E-state index >= 15 is 0 Å². The molecular weight excluding hydrogens is 331 g/mol. The molecule has 3 aromatic rings. The lowest BCUT2D eigenvalue weighted by Gasteiger charge is -2.10. The molecule has 8 heteroatoms. The van der Waals surface area contributed by atoms with Crippen LogP contribution in [0.1, 0.15) is 21.8 Å². The molecule has 0 fully saturated rings. The average Bonchev–Trinajstić information content (AvgIpc) is 3.00. The van der Waals surface area contributed by atoms with Gasteiger partial charge in [-0.1, -0.05) is 5.16 Å². The first-order chi connectivity index (χ1) is 11.4. The van der Waals surface area contributed by atoms with Gasteiger partial charge in [0.25, 0.3) is 0 Å². The van der Waals surface area contributed by atoms with Crippen molar-refractivity contribution in [1.29, 1.82) is 0 Å². The summed E-state index contributed by atoms with van der Waals surface area (Å²) in [6.07, 6.45) is 1.28. The summed E-state index contributed by atoms with van der Waals surface area (Å²) in [6.45, 7) is 5.53. The van der Waals surface area contributed by atoms with E-state index in [4.69, 9.17) is 5.21 Å². The normalized spacial score (nSPS) is 11.5. The minimum Gasteiger partial charge on any atom is -0.508 e. The van der Waals surface area contributed by atoms with Gasteiger partial charge in [-0.05, 0) is 44.4 Å². The third-order valence-corrected chi connectivity index (χ3v) is 4.57. The third-order valence-electron chi connectivity index (χ3n) is 3.72. The molecule has 0 spiro atoms. The van der Waals surface area contributed by atoms with Crippen LogP contribution in [0.5, 0.6) is 5.75 Å². The van der Waals surface area contributed by atoms with Crippen molar-refractivity contribution in [3.05, 3.63) is 45.8 Å².